The minimum Gasteiger partial charge on any atom is -0.378 e. The summed E-state index contributed by atoms with van der Waals surface area (Å²) in [6.45, 7) is 4.20. The van der Waals surface area contributed by atoms with Crippen LogP contribution in [-0.2, 0) is 0 Å². The Labute approximate surface area is 121 Å². The van der Waals surface area contributed by atoms with Gasteiger partial charge in [-0.15, -0.1) is 0 Å². The number of hydrogen-bond acceptors (Lipinski definition) is 1. The van der Waals surface area contributed by atoms with Crippen LogP contribution in [0.25, 0.3) is 0 Å². The highest BCUT2D eigenvalue weighted by molar-refractivity contribution is 9.10. The number of nitrogens with one attached hydrogen (secondary N) is 1. The van der Waals surface area contributed by atoms with E-state index in [1.54, 1.807) is 0 Å². The second-order valence-electron chi connectivity index (χ2n) is 4.38. The Hall–Kier alpha value is -0.990. The van der Waals surface area contributed by atoms with E-state index >= 15 is 0 Å². The second kappa shape index (κ2) is 5.77. The standard InChI is InChI=1S/C15H15BrClN/c1-10-6-7-14(9-15(10)16)18-11(2)12-4-3-5-13(17)8-12/h3-9,11,18H,1-2H3. The SMILES string of the molecule is Cc1ccc(NC(C)c2cccc(Cl)c2)cc1Br. The van der Waals surface area contributed by atoms with Crippen LogP contribution >= 0.6 is 27.5 Å². The van der Waals surface area contributed by atoms with Gasteiger partial charge in [0.2, 0.25) is 0 Å². The highest BCUT2D eigenvalue weighted by Crippen LogP contribution is 2.25. The normalized spacial score (nSPS) is 12.2. The van der Waals surface area contributed by atoms with Crippen molar-refractivity contribution in [2.75, 3.05) is 5.32 Å². The summed E-state index contributed by atoms with van der Waals surface area (Å²) in [7, 11) is 0. The molecule has 1 unspecified atom stereocenters. The number of halogens is 2. The predicted molar refractivity (Wildman–Crippen MR) is 82.4 cm³/mol. The van der Waals surface area contributed by atoms with Crippen molar-refractivity contribution in [1.29, 1.82) is 0 Å². The summed E-state index contributed by atoms with van der Waals surface area (Å²) in [5.74, 6) is 0. The van der Waals surface area contributed by atoms with Gasteiger partial charge < -0.3 is 5.32 Å². The van der Waals surface area contributed by atoms with Crippen molar-refractivity contribution in [1.82, 2.24) is 0 Å². The Morgan fingerprint density at radius 1 is 1.17 bits per heavy atom. The smallest absolute Gasteiger partial charge is 0.0486 e. The van der Waals surface area contributed by atoms with Gasteiger partial charge in [0, 0.05) is 21.2 Å². The van der Waals surface area contributed by atoms with Crippen molar-refractivity contribution in [3.05, 3.63) is 63.1 Å². The maximum atomic E-state index is 6.00. The molecular formula is C15H15BrClN. The van der Waals surface area contributed by atoms with E-state index in [9.17, 15) is 0 Å². The molecule has 0 heterocycles. The van der Waals surface area contributed by atoms with Gasteiger partial charge in [-0.3, -0.25) is 0 Å². The van der Waals surface area contributed by atoms with Crippen LogP contribution in [0, 0.1) is 6.92 Å². The number of aryl methyl sites for hydroxylation is 1. The molecule has 0 saturated carbocycles. The first-order valence-electron chi connectivity index (χ1n) is 5.84. The molecule has 0 fully saturated rings. The zero-order valence-electron chi connectivity index (χ0n) is 10.4. The summed E-state index contributed by atoms with van der Waals surface area (Å²) in [5, 5.41) is 4.23. The van der Waals surface area contributed by atoms with E-state index in [1.165, 1.54) is 11.1 Å². The average Bonchev–Trinajstić information content (AvgIpc) is 2.34. The van der Waals surface area contributed by atoms with Gasteiger partial charge in [0.1, 0.15) is 0 Å². The van der Waals surface area contributed by atoms with E-state index in [4.69, 9.17) is 11.6 Å². The molecule has 1 N–H and O–H groups in total. The predicted octanol–water partition coefficient (Wildman–Crippen LogP) is 5.58. The summed E-state index contributed by atoms with van der Waals surface area (Å²) in [4.78, 5) is 0. The number of benzene rings is 2. The molecule has 0 aromatic heterocycles. The molecule has 1 nitrogen and oxygen atoms in total. The molecule has 2 rings (SSSR count). The molecule has 0 amide bonds. The Balaban J connectivity index is 2.16. The van der Waals surface area contributed by atoms with Crippen molar-refractivity contribution in [2.24, 2.45) is 0 Å². The lowest BCUT2D eigenvalue weighted by molar-refractivity contribution is 0.884. The summed E-state index contributed by atoms with van der Waals surface area (Å²) < 4.78 is 1.12. The second-order valence-corrected chi connectivity index (χ2v) is 5.68. The first kappa shape index (κ1) is 13.4. The summed E-state index contributed by atoms with van der Waals surface area (Å²) in [6, 6.07) is 14.4. The monoisotopic (exact) mass is 323 g/mol. The molecule has 1 atom stereocenters. The van der Waals surface area contributed by atoms with Gasteiger partial charge >= 0.3 is 0 Å². The molecule has 94 valence electrons. The number of hydrogen-bond donors (Lipinski definition) is 1. The van der Waals surface area contributed by atoms with Crippen molar-refractivity contribution in [3.8, 4) is 0 Å². The molecule has 0 spiro atoms. The van der Waals surface area contributed by atoms with Gasteiger partial charge in [-0.05, 0) is 49.2 Å². The average molecular weight is 325 g/mol. The van der Waals surface area contributed by atoms with Gasteiger partial charge in [-0.25, -0.2) is 0 Å². The molecular weight excluding hydrogens is 310 g/mol. The molecule has 0 radical (unpaired) electrons. The third kappa shape index (κ3) is 3.27. The first-order valence-corrected chi connectivity index (χ1v) is 7.01. The zero-order valence-corrected chi connectivity index (χ0v) is 12.7. The molecule has 0 aliphatic rings. The number of rotatable bonds is 3. The molecule has 2 aromatic rings. The van der Waals surface area contributed by atoms with Crippen LogP contribution in [0.2, 0.25) is 5.02 Å². The third-order valence-electron chi connectivity index (χ3n) is 2.90. The molecule has 0 saturated heterocycles. The van der Waals surface area contributed by atoms with Crippen LogP contribution in [0.4, 0.5) is 5.69 Å². The summed E-state index contributed by atoms with van der Waals surface area (Å²) in [5.41, 5.74) is 3.51. The third-order valence-corrected chi connectivity index (χ3v) is 3.99. The molecule has 2 aromatic carbocycles. The first-order chi connectivity index (χ1) is 8.56. The van der Waals surface area contributed by atoms with E-state index in [0.29, 0.717) is 0 Å². The fourth-order valence-corrected chi connectivity index (χ4v) is 2.37. The van der Waals surface area contributed by atoms with Gasteiger partial charge in [-0.2, -0.15) is 0 Å². The van der Waals surface area contributed by atoms with Crippen LogP contribution in [0.15, 0.2) is 46.9 Å². The Morgan fingerprint density at radius 2 is 1.94 bits per heavy atom. The van der Waals surface area contributed by atoms with Gasteiger partial charge in [0.25, 0.3) is 0 Å². The lowest BCUT2D eigenvalue weighted by Crippen LogP contribution is -2.06. The van der Waals surface area contributed by atoms with E-state index in [1.807, 2.05) is 18.2 Å². The van der Waals surface area contributed by atoms with E-state index < -0.39 is 0 Å². The molecule has 3 heteroatoms. The van der Waals surface area contributed by atoms with Crippen molar-refractivity contribution in [3.63, 3.8) is 0 Å². The maximum absolute atomic E-state index is 6.00. The fraction of sp³-hybridized carbons (Fsp3) is 0.200. The maximum Gasteiger partial charge on any atom is 0.0486 e. The molecule has 0 bridgehead atoms. The van der Waals surface area contributed by atoms with Gasteiger partial charge in [-0.1, -0.05) is 45.7 Å². The zero-order chi connectivity index (χ0) is 13.1. The van der Waals surface area contributed by atoms with Gasteiger partial charge in [0.05, 0.1) is 0 Å². The van der Waals surface area contributed by atoms with Crippen LogP contribution < -0.4 is 5.32 Å². The molecule has 18 heavy (non-hydrogen) atoms. The van der Waals surface area contributed by atoms with Crippen LogP contribution in [-0.4, -0.2) is 0 Å². The van der Waals surface area contributed by atoms with E-state index in [-0.39, 0.29) is 6.04 Å². The Bertz CT molecular complexity index is 554. The van der Waals surface area contributed by atoms with Crippen LogP contribution in [0.1, 0.15) is 24.1 Å². The fourth-order valence-electron chi connectivity index (χ4n) is 1.79. The summed E-state index contributed by atoms with van der Waals surface area (Å²) in [6.07, 6.45) is 0. The van der Waals surface area contributed by atoms with E-state index in [2.05, 4.69) is 59.4 Å². The minimum absolute atomic E-state index is 0.221. The Kier molecular flexibility index (Phi) is 4.31. The topological polar surface area (TPSA) is 12.0 Å². The highest BCUT2D eigenvalue weighted by atomic mass is 79.9. The summed E-state index contributed by atoms with van der Waals surface area (Å²) >= 11 is 9.55. The van der Waals surface area contributed by atoms with Crippen molar-refractivity contribution < 1.29 is 0 Å². The minimum atomic E-state index is 0.221. The highest BCUT2D eigenvalue weighted by Gasteiger charge is 2.06. The van der Waals surface area contributed by atoms with Crippen molar-refractivity contribution >= 4 is 33.2 Å². The van der Waals surface area contributed by atoms with Crippen LogP contribution in [0.5, 0.6) is 0 Å². The van der Waals surface area contributed by atoms with Gasteiger partial charge in [0.15, 0.2) is 0 Å². The quantitative estimate of drug-likeness (QED) is 0.776. The largest absolute Gasteiger partial charge is 0.378 e. The van der Waals surface area contributed by atoms with Crippen LogP contribution in [0.3, 0.4) is 0 Å². The van der Waals surface area contributed by atoms with E-state index in [0.717, 1.165) is 15.2 Å². The van der Waals surface area contributed by atoms with Crippen molar-refractivity contribution in [2.45, 2.75) is 19.9 Å². The lowest BCUT2D eigenvalue weighted by atomic mass is 10.1. The lowest BCUT2D eigenvalue weighted by Gasteiger charge is -2.16. The Morgan fingerprint density at radius 3 is 2.61 bits per heavy atom. The molecule has 0 aliphatic heterocycles. The number of anilines is 1. The molecule has 0 aliphatic carbocycles.